The summed E-state index contributed by atoms with van der Waals surface area (Å²) in [4.78, 5) is 22.4. The molecule has 0 saturated carbocycles. The van der Waals surface area contributed by atoms with E-state index in [1.807, 2.05) is 0 Å². The van der Waals surface area contributed by atoms with Crippen LogP contribution in [0.3, 0.4) is 0 Å². The van der Waals surface area contributed by atoms with Crippen LogP contribution in [0.4, 0.5) is 39.5 Å². The largest absolute Gasteiger partial charge is 0.416 e. The number of amides is 2. The van der Waals surface area contributed by atoms with Gasteiger partial charge < -0.3 is 11.1 Å². The molecular weight excluding hydrogens is 375 g/mol. The molecule has 142 valence electrons. The van der Waals surface area contributed by atoms with Crippen molar-refractivity contribution in [2.75, 3.05) is 0 Å². The van der Waals surface area contributed by atoms with Crippen LogP contribution < -0.4 is 11.1 Å². The molecule has 0 bridgehead atoms. The summed E-state index contributed by atoms with van der Waals surface area (Å²) in [6.45, 7) is 0.429. The van der Waals surface area contributed by atoms with Crippen LogP contribution in [0, 0.1) is 5.92 Å². The summed E-state index contributed by atoms with van der Waals surface area (Å²) in [5.74, 6) is -7.18. The predicted molar refractivity (Wildman–Crippen MR) is 63.6 cm³/mol. The van der Waals surface area contributed by atoms with E-state index in [1.165, 1.54) is 0 Å². The van der Waals surface area contributed by atoms with Gasteiger partial charge in [0.2, 0.25) is 11.8 Å². The van der Waals surface area contributed by atoms with Crippen molar-refractivity contribution in [3.05, 3.63) is 23.3 Å². The first kappa shape index (κ1) is 20.8. The van der Waals surface area contributed by atoms with E-state index < -0.39 is 65.1 Å². The van der Waals surface area contributed by atoms with Crippen LogP contribution >= 0.6 is 0 Å². The van der Waals surface area contributed by atoms with Gasteiger partial charge in [0.15, 0.2) is 5.54 Å². The Balaban J connectivity index is 3.93. The average molecular weight is 384 g/mol. The van der Waals surface area contributed by atoms with Gasteiger partial charge in [-0.25, -0.2) is 0 Å². The normalized spacial score (nSPS) is 25.1. The molecule has 0 aromatic carbocycles. The Labute approximate surface area is 133 Å². The molecule has 0 heterocycles. The lowest BCUT2D eigenvalue weighted by Gasteiger charge is -2.42. The zero-order valence-electron chi connectivity index (χ0n) is 12.0. The number of alkyl halides is 9. The molecule has 13 heteroatoms. The van der Waals surface area contributed by atoms with Crippen molar-refractivity contribution in [3.8, 4) is 0 Å². The van der Waals surface area contributed by atoms with Crippen molar-refractivity contribution in [2.24, 2.45) is 11.7 Å². The number of allylic oxidation sites excluding steroid dienone is 2. The molecule has 2 amide bonds. The van der Waals surface area contributed by atoms with Crippen molar-refractivity contribution in [1.82, 2.24) is 5.32 Å². The lowest BCUT2D eigenvalue weighted by molar-refractivity contribution is -0.203. The van der Waals surface area contributed by atoms with Crippen molar-refractivity contribution in [3.63, 3.8) is 0 Å². The maximum Gasteiger partial charge on any atom is 0.416 e. The summed E-state index contributed by atoms with van der Waals surface area (Å²) in [6, 6.07) is 0. The van der Waals surface area contributed by atoms with Crippen molar-refractivity contribution < 1.29 is 49.1 Å². The Morgan fingerprint density at radius 3 is 1.80 bits per heavy atom. The molecule has 25 heavy (non-hydrogen) atoms. The van der Waals surface area contributed by atoms with Gasteiger partial charge in [-0.3, -0.25) is 9.59 Å². The number of primary amides is 1. The van der Waals surface area contributed by atoms with Crippen LogP contribution in [-0.2, 0) is 9.59 Å². The van der Waals surface area contributed by atoms with Gasteiger partial charge in [-0.1, -0.05) is 0 Å². The first-order valence-corrected chi connectivity index (χ1v) is 6.17. The Kier molecular flexibility index (Phi) is 4.96. The highest BCUT2D eigenvalue weighted by Gasteiger charge is 2.66. The fourth-order valence-corrected chi connectivity index (χ4v) is 2.37. The first-order valence-electron chi connectivity index (χ1n) is 6.17. The summed E-state index contributed by atoms with van der Waals surface area (Å²) in [7, 11) is 0. The minimum atomic E-state index is -5.90. The van der Waals surface area contributed by atoms with E-state index in [-0.39, 0.29) is 0 Å². The van der Waals surface area contributed by atoms with Crippen LogP contribution in [0.25, 0.3) is 0 Å². The lowest BCUT2D eigenvalue weighted by Crippen LogP contribution is -2.66. The van der Waals surface area contributed by atoms with E-state index >= 15 is 0 Å². The molecule has 0 fully saturated rings. The SMILES string of the molecule is CC(=O)NC1(C(F)(F)F)C=C(C(F)(F)F)C=C(C(F)(F)F)C1C(N)=O. The lowest BCUT2D eigenvalue weighted by atomic mass is 9.72. The third-order valence-corrected chi connectivity index (χ3v) is 3.25. The fourth-order valence-electron chi connectivity index (χ4n) is 2.37. The van der Waals surface area contributed by atoms with E-state index in [2.05, 4.69) is 5.73 Å². The Bertz CT molecular complexity index is 642. The molecule has 1 aliphatic rings. The summed E-state index contributed by atoms with van der Waals surface area (Å²) in [5, 5.41) is 0.989. The quantitative estimate of drug-likeness (QED) is 0.719. The van der Waals surface area contributed by atoms with E-state index in [1.54, 1.807) is 0 Å². The number of nitrogens with one attached hydrogen (secondary N) is 1. The van der Waals surface area contributed by atoms with E-state index in [0.29, 0.717) is 6.92 Å². The van der Waals surface area contributed by atoms with Crippen molar-refractivity contribution in [2.45, 2.75) is 31.0 Å². The van der Waals surface area contributed by atoms with E-state index in [9.17, 15) is 49.1 Å². The molecule has 3 N–H and O–H groups in total. The third kappa shape index (κ3) is 3.90. The maximum absolute atomic E-state index is 13.5. The van der Waals surface area contributed by atoms with Gasteiger partial charge in [-0.05, 0) is 12.2 Å². The van der Waals surface area contributed by atoms with E-state index in [4.69, 9.17) is 0 Å². The number of carbonyl (C=O) groups is 2. The number of hydrogen-bond acceptors (Lipinski definition) is 2. The second kappa shape index (κ2) is 5.95. The Hall–Kier alpha value is -2.21. The molecule has 1 aliphatic carbocycles. The predicted octanol–water partition coefficient (Wildman–Crippen LogP) is 2.52. The highest BCUT2D eigenvalue weighted by Crippen LogP contribution is 2.50. The third-order valence-electron chi connectivity index (χ3n) is 3.25. The van der Waals surface area contributed by atoms with Crippen LogP contribution in [-0.4, -0.2) is 35.9 Å². The van der Waals surface area contributed by atoms with Gasteiger partial charge in [0.05, 0.1) is 5.57 Å². The zero-order chi connectivity index (χ0) is 20.0. The number of nitrogens with two attached hydrogens (primary N) is 1. The van der Waals surface area contributed by atoms with Crippen LogP contribution in [0.15, 0.2) is 23.3 Å². The summed E-state index contributed by atoms with van der Waals surface area (Å²) >= 11 is 0. The molecule has 2 unspecified atom stereocenters. The molecule has 4 nitrogen and oxygen atoms in total. The molecule has 0 spiro atoms. The molecule has 0 aliphatic heterocycles. The van der Waals surface area contributed by atoms with Crippen LogP contribution in [0.5, 0.6) is 0 Å². The van der Waals surface area contributed by atoms with Gasteiger partial charge in [-0.15, -0.1) is 0 Å². The van der Waals surface area contributed by atoms with Crippen LogP contribution in [0.2, 0.25) is 0 Å². The highest BCUT2D eigenvalue weighted by atomic mass is 19.4. The number of carbonyl (C=O) groups excluding carboxylic acids is 2. The molecule has 0 saturated heterocycles. The second-order valence-corrected chi connectivity index (χ2v) is 5.08. The zero-order valence-corrected chi connectivity index (χ0v) is 12.0. The van der Waals surface area contributed by atoms with Crippen molar-refractivity contribution >= 4 is 11.8 Å². The van der Waals surface area contributed by atoms with Gasteiger partial charge in [0.1, 0.15) is 5.92 Å². The molecule has 1 rings (SSSR count). The standard InChI is InChI=1S/C12H9F9N2O2/c1-4(24)23-9(12(19,20)21)3-5(10(13,14)15)2-6(11(16,17)18)7(9)8(22)25/h2-3,7H,1H3,(H2,22,25)(H,23,24). The monoisotopic (exact) mass is 384 g/mol. The number of halogens is 9. The van der Waals surface area contributed by atoms with E-state index in [0.717, 1.165) is 5.32 Å². The minimum Gasteiger partial charge on any atom is -0.369 e. The molecule has 0 aromatic rings. The van der Waals surface area contributed by atoms with Gasteiger partial charge in [0, 0.05) is 12.5 Å². The smallest absolute Gasteiger partial charge is 0.369 e. The van der Waals surface area contributed by atoms with Gasteiger partial charge in [-0.2, -0.15) is 39.5 Å². The first-order chi connectivity index (χ1) is 10.9. The second-order valence-electron chi connectivity index (χ2n) is 5.08. The molecule has 0 radical (unpaired) electrons. The van der Waals surface area contributed by atoms with Crippen LogP contribution in [0.1, 0.15) is 6.92 Å². The average Bonchev–Trinajstić information content (AvgIpc) is 2.32. The van der Waals surface area contributed by atoms with Gasteiger partial charge in [0.25, 0.3) is 0 Å². The van der Waals surface area contributed by atoms with Gasteiger partial charge >= 0.3 is 18.5 Å². The van der Waals surface area contributed by atoms with Crippen molar-refractivity contribution in [1.29, 1.82) is 0 Å². The Morgan fingerprint density at radius 1 is 1.04 bits per heavy atom. The fraction of sp³-hybridized carbons (Fsp3) is 0.500. The summed E-state index contributed by atoms with van der Waals surface area (Å²) in [5.41, 5.74) is -4.50. The summed E-state index contributed by atoms with van der Waals surface area (Å²) in [6.07, 6.45) is -18.6. The molecule has 2 atom stereocenters. The maximum atomic E-state index is 13.5. The molecule has 0 aromatic heterocycles. The minimum absolute atomic E-state index is 0.429. The molecular formula is C12H9F9N2O2. The number of hydrogen-bond donors (Lipinski definition) is 2. The summed E-state index contributed by atoms with van der Waals surface area (Å²) < 4.78 is 118. The Morgan fingerprint density at radius 2 is 1.52 bits per heavy atom. The highest BCUT2D eigenvalue weighted by molar-refractivity contribution is 5.86. The topological polar surface area (TPSA) is 72.2 Å². The number of rotatable bonds is 2.